The molecule has 0 radical (unpaired) electrons. The van der Waals surface area contributed by atoms with Crippen molar-refractivity contribution in [1.29, 1.82) is 0 Å². The van der Waals surface area contributed by atoms with Crippen LogP contribution in [0.5, 0.6) is 0 Å². The molecule has 2 atom stereocenters. The van der Waals surface area contributed by atoms with Gasteiger partial charge in [-0.05, 0) is 82.0 Å². The van der Waals surface area contributed by atoms with Crippen LogP contribution in [0, 0.1) is 23.7 Å². The maximum absolute atomic E-state index is 3.48. The molecule has 0 aromatic carbocycles. The van der Waals surface area contributed by atoms with E-state index in [2.05, 4.69) is 24.5 Å². The highest BCUT2D eigenvalue weighted by Gasteiger charge is 2.25. The Labute approximate surface area is 107 Å². The number of rotatable bonds is 4. The van der Waals surface area contributed by atoms with Crippen LogP contribution in [-0.4, -0.2) is 26.2 Å². The fraction of sp³-hybridized carbons (Fsp3) is 1.00. The number of nitrogens with one attached hydrogen (secondary N) is 2. The molecule has 2 heteroatoms. The average Bonchev–Trinajstić information content (AvgIpc) is 2.40. The third-order valence-electron chi connectivity index (χ3n) is 5.12. The molecule has 0 aliphatic carbocycles. The van der Waals surface area contributed by atoms with Crippen molar-refractivity contribution in [3.05, 3.63) is 0 Å². The lowest BCUT2D eigenvalue weighted by molar-refractivity contribution is 0.188. The SMILES string of the molecule is CC(CC(C)C1CCNCC1)C1CCNCC1. The number of hydrogen-bond acceptors (Lipinski definition) is 2. The van der Waals surface area contributed by atoms with E-state index in [9.17, 15) is 0 Å². The van der Waals surface area contributed by atoms with Crippen LogP contribution >= 0.6 is 0 Å². The van der Waals surface area contributed by atoms with Crippen molar-refractivity contribution in [2.75, 3.05) is 26.2 Å². The first-order chi connectivity index (χ1) is 8.27. The fourth-order valence-corrected chi connectivity index (χ4v) is 3.80. The van der Waals surface area contributed by atoms with Crippen LogP contribution in [0.3, 0.4) is 0 Å². The summed E-state index contributed by atoms with van der Waals surface area (Å²) < 4.78 is 0. The third-order valence-corrected chi connectivity index (χ3v) is 5.12. The highest BCUT2D eigenvalue weighted by Crippen LogP contribution is 2.32. The molecule has 0 bridgehead atoms. The van der Waals surface area contributed by atoms with Crippen LogP contribution in [0.4, 0.5) is 0 Å². The zero-order chi connectivity index (χ0) is 12.1. The van der Waals surface area contributed by atoms with Crippen LogP contribution in [0.25, 0.3) is 0 Å². The molecule has 2 nitrogen and oxygen atoms in total. The molecular formula is C15H30N2. The fourth-order valence-electron chi connectivity index (χ4n) is 3.80. The van der Waals surface area contributed by atoms with Gasteiger partial charge < -0.3 is 10.6 Å². The normalized spacial score (nSPS) is 27.9. The second kappa shape index (κ2) is 6.75. The van der Waals surface area contributed by atoms with Crippen molar-refractivity contribution in [2.24, 2.45) is 23.7 Å². The lowest BCUT2D eigenvalue weighted by Gasteiger charge is -2.34. The summed E-state index contributed by atoms with van der Waals surface area (Å²) in [5, 5.41) is 6.96. The van der Waals surface area contributed by atoms with E-state index in [0.29, 0.717) is 0 Å². The summed E-state index contributed by atoms with van der Waals surface area (Å²) >= 11 is 0. The van der Waals surface area contributed by atoms with Gasteiger partial charge in [-0.15, -0.1) is 0 Å². The molecule has 0 aromatic rings. The van der Waals surface area contributed by atoms with Crippen molar-refractivity contribution in [1.82, 2.24) is 10.6 Å². The number of piperidine rings is 2. The summed E-state index contributed by atoms with van der Waals surface area (Å²) in [7, 11) is 0. The molecule has 2 saturated heterocycles. The Hall–Kier alpha value is -0.0800. The summed E-state index contributed by atoms with van der Waals surface area (Å²) in [6.45, 7) is 9.97. The summed E-state index contributed by atoms with van der Waals surface area (Å²) in [6, 6.07) is 0. The Morgan fingerprint density at radius 3 is 1.47 bits per heavy atom. The van der Waals surface area contributed by atoms with E-state index in [1.807, 2.05) is 0 Å². The van der Waals surface area contributed by atoms with Crippen LogP contribution in [-0.2, 0) is 0 Å². The average molecular weight is 238 g/mol. The highest BCUT2D eigenvalue weighted by molar-refractivity contribution is 4.79. The lowest BCUT2D eigenvalue weighted by Crippen LogP contribution is -2.34. The van der Waals surface area contributed by atoms with Crippen LogP contribution in [0.15, 0.2) is 0 Å². The van der Waals surface area contributed by atoms with Crippen molar-refractivity contribution in [3.63, 3.8) is 0 Å². The standard InChI is InChI=1S/C15H30N2/c1-12(14-3-7-16-8-4-14)11-13(2)15-5-9-17-10-6-15/h12-17H,3-11H2,1-2H3. The van der Waals surface area contributed by atoms with E-state index >= 15 is 0 Å². The first-order valence-electron chi connectivity index (χ1n) is 7.69. The quantitative estimate of drug-likeness (QED) is 0.787. The van der Waals surface area contributed by atoms with Gasteiger partial charge in [-0.2, -0.15) is 0 Å². The van der Waals surface area contributed by atoms with Crippen molar-refractivity contribution >= 4 is 0 Å². The first kappa shape index (κ1) is 13.4. The predicted octanol–water partition coefficient (Wildman–Crippen LogP) is 2.65. The lowest BCUT2D eigenvalue weighted by atomic mass is 9.76. The van der Waals surface area contributed by atoms with E-state index in [0.717, 1.165) is 23.7 Å². The van der Waals surface area contributed by atoms with Gasteiger partial charge in [-0.1, -0.05) is 13.8 Å². The number of hydrogen-bond donors (Lipinski definition) is 2. The molecule has 0 aromatic heterocycles. The highest BCUT2D eigenvalue weighted by atomic mass is 14.9. The molecule has 2 unspecified atom stereocenters. The van der Waals surface area contributed by atoms with Crippen LogP contribution in [0.1, 0.15) is 46.0 Å². The monoisotopic (exact) mass is 238 g/mol. The van der Waals surface area contributed by atoms with Crippen molar-refractivity contribution in [2.45, 2.75) is 46.0 Å². The van der Waals surface area contributed by atoms with Gasteiger partial charge in [0.15, 0.2) is 0 Å². The second-order valence-corrected chi connectivity index (χ2v) is 6.37. The summed E-state index contributed by atoms with van der Waals surface area (Å²) in [5.74, 6) is 3.84. The molecule has 2 aliphatic heterocycles. The Kier molecular flexibility index (Phi) is 5.30. The van der Waals surface area contributed by atoms with Gasteiger partial charge in [0.05, 0.1) is 0 Å². The van der Waals surface area contributed by atoms with Crippen LogP contribution in [0.2, 0.25) is 0 Å². The zero-order valence-corrected chi connectivity index (χ0v) is 11.7. The molecule has 2 fully saturated rings. The van der Waals surface area contributed by atoms with E-state index in [1.165, 1.54) is 58.3 Å². The van der Waals surface area contributed by atoms with E-state index in [-0.39, 0.29) is 0 Å². The molecule has 2 N–H and O–H groups in total. The smallest absolute Gasteiger partial charge is 0.00462 e. The Bertz CT molecular complexity index is 183. The van der Waals surface area contributed by atoms with Gasteiger partial charge >= 0.3 is 0 Å². The minimum absolute atomic E-state index is 0.932. The first-order valence-corrected chi connectivity index (χ1v) is 7.69. The largest absolute Gasteiger partial charge is 0.317 e. The molecule has 2 aliphatic rings. The van der Waals surface area contributed by atoms with Gasteiger partial charge in [0.25, 0.3) is 0 Å². The minimum atomic E-state index is 0.932. The topological polar surface area (TPSA) is 24.1 Å². The molecule has 2 heterocycles. The Balaban J connectivity index is 1.74. The molecule has 0 saturated carbocycles. The summed E-state index contributed by atoms with van der Waals surface area (Å²) in [6.07, 6.45) is 7.07. The molecule has 100 valence electrons. The van der Waals surface area contributed by atoms with Crippen LogP contribution < -0.4 is 10.6 Å². The second-order valence-electron chi connectivity index (χ2n) is 6.37. The van der Waals surface area contributed by atoms with Gasteiger partial charge in [0.2, 0.25) is 0 Å². The maximum Gasteiger partial charge on any atom is -0.00462 e. The summed E-state index contributed by atoms with van der Waals surface area (Å²) in [4.78, 5) is 0. The van der Waals surface area contributed by atoms with Gasteiger partial charge in [0, 0.05) is 0 Å². The summed E-state index contributed by atoms with van der Waals surface area (Å²) in [5.41, 5.74) is 0. The molecular weight excluding hydrogens is 208 g/mol. The van der Waals surface area contributed by atoms with Crippen molar-refractivity contribution in [3.8, 4) is 0 Å². The van der Waals surface area contributed by atoms with Gasteiger partial charge in [0.1, 0.15) is 0 Å². The molecule has 0 spiro atoms. The Morgan fingerprint density at radius 1 is 0.765 bits per heavy atom. The predicted molar refractivity (Wildman–Crippen MR) is 74.1 cm³/mol. The third kappa shape index (κ3) is 3.96. The molecule has 0 amide bonds. The Morgan fingerprint density at radius 2 is 1.12 bits per heavy atom. The van der Waals surface area contributed by atoms with E-state index < -0.39 is 0 Å². The van der Waals surface area contributed by atoms with Gasteiger partial charge in [-0.25, -0.2) is 0 Å². The minimum Gasteiger partial charge on any atom is -0.317 e. The molecule has 2 rings (SSSR count). The maximum atomic E-state index is 3.48. The van der Waals surface area contributed by atoms with E-state index in [1.54, 1.807) is 0 Å². The van der Waals surface area contributed by atoms with E-state index in [4.69, 9.17) is 0 Å². The van der Waals surface area contributed by atoms with Gasteiger partial charge in [-0.3, -0.25) is 0 Å². The van der Waals surface area contributed by atoms with Crippen molar-refractivity contribution < 1.29 is 0 Å². The molecule has 17 heavy (non-hydrogen) atoms. The zero-order valence-electron chi connectivity index (χ0n) is 11.7.